The first kappa shape index (κ1) is 15.5. The minimum atomic E-state index is -0.223. The lowest BCUT2D eigenvalue weighted by molar-refractivity contribution is -0.123. The third-order valence-electron chi connectivity index (χ3n) is 4.32. The van der Waals surface area contributed by atoms with Gasteiger partial charge in [0.05, 0.1) is 0 Å². The first-order valence-corrected chi connectivity index (χ1v) is 8.14. The second kappa shape index (κ2) is 6.47. The van der Waals surface area contributed by atoms with Crippen LogP contribution in [0.1, 0.15) is 27.9 Å². The summed E-state index contributed by atoms with van der Waals surface area (Å²) in [4.78, 5) is 23.8. The number of nitrogens with one attached hydrogen (secondary N) is 1. The van der Waals surface area contributed by atoms with Crippen LogP contribution in [0, 0.1) is 0 Å². The molecule has 1 aliphatic heterocycles. The Balaban J connectivity index is 1.32. The summed E-state index contributed by atoms with van der Waals surface area (Å²) in [5, 5.41) is 2.81. The number of carbonyl (C=O) groups excluding carboxylic acids is 2. The zero-order valence-corrected chi connectivity index (χ0v) is 13.5. The first-order valence-electron chi connectivity index (χ1n) is 8.14. The topological polar surface area (TPSA) is 73.9 Å². The van der Waals surface area contributed by atoms with Crippen LogP contribution in [0.25, 0.3) is 0 Å². The summed E-state index contributed by atoms with van der Waals surface area (Å²) in [6.07, 6.45) is 1.18. The van der Waals surface area contributed by atoms with Crippen LogP contribution >= 0.6 is 0 Å². The van der Waals surface area contributed by atoms with Gasteiger partial charge in [-0.1, -0.05) is 18.2 Å². The average Bonchev–Trinajstić information content (AvgIpc) is 3.25. The maximum absolute atomic E-state index is 12.0. The van der Waals surface area contributed by atoms with Crippen LogP contribution in [-0.4, -0.2) is 25.1 Å². The zero-order valence-electron chi connectivity index (χ0n) is 13.5. The largest absolute Gasteiger partial charge is 0.483 e. The van der Waals surface area contributed by atoms with Crippen LogP contribution in [0.4, 0.5) is 0 Å². The van der Waals surface area contributed by atoms with Gasteiger partial charge >= 0.3 is 0 Å². The van der Waals surface area contributed by atoms with Crippen LogP contribution in [0.2, 0.25) is 0 Å². The number of benzene rings is 2. The Bertz CT molecular complexity index is 846. The number of ether oxygens (including phenoxy) is 3. The number of ketones is 1. The SMILES string of the molecule is O=C(COc1cccc2c1CCC2=O)NCc1ccc2c(c1)OCO2. The standard InChI is InChI=1S/C19H17NO5/c21-15-6-5-14-13(15)2-1-3-16(14)23-10-19(22)20-9-12-4-7-17-18(8-12)25-11-24-17/h1-4,7-8H,5-6,9-11H2,(H,20,22). The van der Waals surface area contributed by atoms with Crippen LogP contribution < -0.4 is 19.5 Å². The molecule has 6 heteroatoms. The lowest BCUT2D eigenvalue weighted by Crippen LogP contribution is -2.28. The Morgan fingerprint density at radius 3 is 2.92 bits per heavy atom. The van der Waals surface area contributed by atoms with Gasteiger partial charge in [-0.2, -0.15) is 0 Å². The molecule has 0 fully saturated rings. The number of Topliss-reactive ketones (excluding diaryl/α,β-unsaturated/α-hetero) is 1. The lowest BCUT2D eigenvalue weighted by atomic mass is 10.1. The van der Waals surface area contributed by atoms with Crippen molar-refractivity contribution in [1.82, 2.24) is 5.32 Å². The van der Waals surface area contributed by atoms with Gasteiger partial charge in [0.2, 0.25) is 6.79 Å². The van der Waals surface area contributed by atoms with Crippen molar-refractivity contribution in [3.05, 3.63) is 53.1 Å². The third kappa shape index (κ3) is 3.15. The van der Waals surface area contributed by atoms with Gasteiger partial charge in [0.15, 0.2) is 23.9 Å². The summed E-state index contributed by atoms with van der Waals surface area (Å²) in [5.41, 5.74) is 2.53. The summed E-state index contributed by atoms with van der Waals surface area (Å²) < 4.78 is 16.2. The normalized spacial score (nSPS) is 14.3. The molecule has 1 aliphatic carbocycles. The van der Waals surface area contributed by atoms with Gasteiger partial charge in [-0.05, 0) is 30.2 Å². The molecule has 1 amide bonds. The van der Waals surface area contributed by atoms with Crippen molar-refractivity contribution in [2.75, 3.05) is 13.4 Å². The molecular formula is C19H17NO5. The van der Waals surface area contributed by atoms with Crippen molar-refractivity contribution < 1.29 is 23.8 Å². The van der Waals surface area contributed by atoms with E-state index in [0.717, 1.165) is 11.1 Å². The Hall–Kier alpha value is -3.02. The highest BCUT2D eigenvalue weighted by atomic mass is 16.7. The molecule has 6 nitrogen and oxygen atoms in total. The maximum atomic E-state index is 12.0. The van der Waals surface area contributed by atoms with Crippen molar-refractivity contribution in [1.29, 1.82) is 0 Å². The fourth-order valence-electron chi connectivity index (χ4n) is 3.04. The summed E-state index contributed by atoms with van der Waals surface area (Å²) in [6, 6.07) is 10.9. The van der Waals surface area contributed by atoms with E-state index in [1.807, 2.05) is 18.2 Å². The monoisotopic (exact) mass is 339 g/mol. The minimum absolute atomic E-state index is 0.0881. The van der Waals surface area contributed by atoms with Crippen LogP contribution in [0.15, 0.2) is 36.4 Å². The second-order valence-electron chi connectivity index (χ2n) is 5.96. The van der Waals surface area contributed by atoms with Crippen molar-refractivity contribution in [2.45, 2.75) is 19.4 Å². The number of carbonyl (C=O) groups is 2. The van der Waals surface area contributed by atoms with Crippen molar-refractivity contribution in [3.63, 3.8) is 0 Å². The van der Waals surface area contributed by atoms with Crippen molar-refractivity contribution in [2.24, 2.45) is 0 Å². The van der Waals surface area contributed by atoms with E-state index in [2.05, 4.69) is 5.32 Å². The molecule has 1 heterocycles. The Morgan fingerprint density at radius 1 is 1.12 bits per heavy atom. The average molecular weight is 339 g/mol. The smallest absolute Gasteiger partial charge is 0.258 e. The van der Waals surface area contributed by atoms with E-state index in [-0.39, 0.29) is 25.1 Å². The van der Waals surface area contributed by atoms with Crippen LogP contribution in [0.5, 0.6) is 17.2 Å². The maximum Gasteiger partial charge on any atom is 0.258 e. The van der Waals surface area contributed by atoms with Crippen LogP contribution in [0.3, 0.4) is 0 Å². The molecular weight excluding hydrogens is 322 g/mol. The molecule has 1 N–H and O–H groups in total. The summed E-state index contributed by atoms with van der Waals surface area (Å²) in [6.45, 7) is 0.516. The van der Waals surface area contributed by atoms with Gasteiger partial charge in [0.25, 0.3) is 5.91 Å². The van der Waals surface area contributed by atoms with E-state index in [1.165, 1.54) is 0 Å². The quantitative estimate of drug-likeness (QED) is 0.904. The molecule has 0 saturated heterocycles. The van der Waals surface area contributed by atoms with E-state index in [9.17, 15) is 9.59 Å². The highest BCUT2D eigenvalue weighted by Crippen LogP contribution is 2.32. The predicted molar refractivity (Wildman–Crippen MR) is 89.0 cm³/mol. The molecule has 0 bridgehead atoms. The summed E-state index contributed by atoms with van der Waals surface area (Å²) in [7, 11) is 0. The Labute approximate surface area is 144 Å². The summed E-state index contributed by atoms with van der Waals surface area (Å²) >= 11 is 0. The van der Waals surface area contributed by atoms with E-state index in [4.69, 9.17) is 14.2 Å². The fourth-order valence-corrected chi connectivity index (χ4v) is 3.04. The molecule has 0 unspecified atom stereocenters. The van der Waals surface area contributed by atoms with E-state index >= 15 is 0 Å². The molecule has 2 aromatic rings. The molecule has 0 radical (unpaired) electrons. The number of fused-ring (bicyclic) bond motifs is 2. The van der Waals surface area contributed by atoms with Gasteiger partial charge in [0, 0.05) is 24.1 Å². The zero-order chi connectivity index (χ0) is 17.2. The number of rotatable bonds is 5. The number of hydrogen-bond donors (Lipinski definition) is 1. The fraction of sp³-hybridized carbons (Fsp3) is 0.263. The Kier molecular flexibility index (Phi) is 4.01. The molecule has 0 saturated carbocycles. The van der Waals surface area contributed by atoms with Crippen molar-refractivity contribution >= 4 is 11.7 Å². The molecule has 128 valence electrons. The minimum Gasteiger partial charge on any atom is -0.483 e. The number of hydrogen-bond acceptors (Lipinski definition) is 5. The lowest BCUT2D eigenvalue weighted by Gasteiger charge is -2.11. The highest BCUT2D eigenvalue weighted by molar-refractivity contribution is 6.01. The molecule has 2 aliphatic rings. The van der Waals surface area contributed by atoms with Gasteiger partial charge in [0.1, 0.15) is 5.75 Å². The predicted octanol–water partition coefficient (Wildman–Crippen LogP) is 2.24. The van der Waals surface area contributed by atoms with Crippen molar-refractivity contribution in [3.8, 4) is 17.2 Å². The van der Waals surface area contributed by atoms with Gasteiger partial charge in [-0.3, -0.25) is 9.59 Å². The molecule has 4 rings (SSSR count). The van der Waals surface area contributed by atoms with Crippen LogP contribution in [-0.2, 0) is 17.8 Å². The summed E-state index contributed by atoms with van der Waals surface area (Å²) in [5.74, 6) is 1.92. The second-order valence-corrected chi connectivity index (χ2v) is 5.96. The Morgan fingerprint density at radius 2 is 2.00 bits per heavy atom. The molecule has 0 spiro atoms. The molecule has 0 aromatic heterocycles. The van der Waals surface area contributed by atoms with E-state index in [1.54, 1.807) is 18.2 Å². The van der Waals surface area contributed by atoms with Gasteiger partial charge in [-0.15, -0.1) is 0 Å². The molecule has 2 aromatic carbocycles. The van der Waals surface area contributed by atoms with E-state index < -0.39 is 0 Å². The first-order chi connectivity index (χ1) is 12.2. The van der Waals surface area contributed by atoms with Gasteiger partial charge in [-0.25, -0.2) is 0 Å². The van der Waals surface area contributed by atoms with Gasteiger partial charge < -0.3 is 19.5 Å². The third-order valence-corrected chi connectivity index (χ3v) is 4.32. The molecule has 25 heavy (non-hydrogen) atoms. The number of amides is 1. The highest BCUT2D eigenvalue weighted by Gasteiger charge is 2.22. The van der Waals surface area contributed by atoms with E-state index in [0.29, 0.717) is 42.2 Å². The molecule has 0 atom stereocenters.